The molecule has 104 valence electrons. The topological polar surface area (TPSA) is 40.5 Å². The molecular weight excluding hydrogens is 238 g/mol. The van der Waals surface area contributed by atoms with Gasteiger partial charge < -0.3 is 10.0 Å². The van der Waals surface area contributed by atoms with E-state index in [0.29, 0.717) is 5.92 Å². The van der Waals surface area contributed by atoms with Crippen molar-refractivity contribution in [2.24, 2.45) is 11.8 Å². The number of aryl methyl sites for hydroxylation is 1. The van der Waals surface area contributed by atoms with Crippen LogP contribution in [0.2, 0.25) is 0 Å². The highest BCUT2D eigenvalue weighted by Gasteiger charge is 2.26. The number of aliphatic carboxylic acids is 1. The average Bonchev–Trinajstić information content (AvgIpc) is 2.39. The van der Waals surface area contributed by atoms with Crippen LogP contribution in [0.25, 0.3) is 0 Å². The van der Waals surface area contributed by atoms with Crippen molar-refractivity contribution in [1.82, 2.24) is 0 Å². The van der Waals surface area contributed by atoms with Crippen LogP contribution < -0.4 is 4.90 Å². The Hall–Kier alpha value is -1.51. The average molecular weight is 261 g/mol. The molecule has 1 aliphatic rings. The molecule has 1 saturated carbocycles. The number of para-hydroxylation sites is 1. The molecule has 19 heavy (non-hydrogen) atoms. The number of benzene rings is 1. The fourth-order valence-corrected chi connectivity index (χ4v) is 3.07. The SMILES string of the molecule is Cc1ccccc1N(C)CC1CCC(C(=O)O)CC1. The summed E-state index contributed by atoms with van der Waals surface area (Å²) >= 11 is 0. The molecule has 0 amide bonds. The Labute approximate surface area is 115 Å². The predicted molar refractivity (Wildman–Crippen MR) is 77.5 cm³/mol. The lowest BCUT2D eigenvalue weighted by Gasteiger charge is -2.31. The Morgan fingerprint density at radius 2 is 1.89 bits per heavy atom. The maximum Gasteiger partial charge on any atom is 0.306 e. The van der Waals surface area contributed by atoms with Crippen molar-refractivity contribution in [3.63, 3.8) is 0 Å². The number of anilines is 1. The minimum absolute atomic E-state index is 0.111. The third kappa shape index (κ3) is 3.49. The Balaban J connectivity index is 1.89. The summed E-state index contributed by atoms with van der Waals surface area (Å²) in [6.45, 7) is 3.16. The van der Waals surface area contributed by atoms with E-state index in [4.69, 9.17) is 5.11 Å². The second-order valence-electron chi connectivity index (χ2n) is 5.72. The second kappa shape index (κ2) is 6.09. The van der Waals surface area contributed by atoms with Gasteiger partial charge in [-0.25, -0.2) is 0 Å². The van der Waals surface area contributed by atoms with Crippen molar-refractivity contribution < 1.29 is 9.90 Å². The zero-order valence-electron chi connectivity index (χ0n) is 11.8. The van der Waals surface area contributed by atoms with Gasteiger partial charge in [-0.05, 0) is 50.2 Å². The Morgan fingerprint density at radius 1 is 1.26 bits per heavy atom. The van der Waals surface area contributed by atoms with E-state index in [9.17, 15) is 4.79 Å². The molecule has 0 radical (unpaired) electrons. The molecule has 3 nitrogen and oxygen atoms in total. The lowest BCUT2D eigenvalue weighted by atomic mass is 9.82. The maximum absolute atomic E-state index is 10.9. The van der Waals surface area contributed by atoms with E-state index in [0.717, 1.165) is 32.2 Å². The van der Waals surface area contributed by atoms with Crippen molar-refractivity contribution in [3.05, 3.63) is 29.8 Å². The Bertz CT molecular complexity index is 436. The summed E-state index contributed by atoms with van der Waals surface area (Å²) in [6.07, 6.45) is 3.74. The van der Waals surface area contributed by atoms with Gasteiger partial charge in [-0.15, -0.1) is 0 Å². The Kier molecular flexibility index (Phi) is 4.46. The quantitative estimate of drug-likeness (QED) is 0.904. The molecule has 1 fully saturated rings. The zero-order chi connectivity index (χ0) is 13.8. The van der Waals surface area contributed by atoms with Crippen LogP contribution in [0.15, 0.2) is 24.3 Å². The molecule has 1 aromatic carbocycles. The molecule has 0 saturated heterocycles. The standard InChI is InChI=1S/C16H23NO2/c1-12-5-3-4-6-15(12)17(2)11-13-7-9-14(10-8-13)16(18)19/h3-6,13-14H,7-11H2,1-2H3,(H,18,19). The first-order valence-corrected chi connectivity index (χ1v) is 7.07. The molecule has 0 aliphatic heterocycles. The van der Waals surface area contributed by atoms with Gasteiger partial charge >= 0.3 is 5.97 Å². The van der Waals surface area contributed by atoms with Crippen LogP contribution in [0.1, 0.15) is 31.2 Å². The number of hydrogen-bond acceptors (Lipinski definition) is 2. The second-order valence-corrected chi connectivity index (χ2v) is 5.72. The monoisotopic (exact) mass is 261 g/mol. The van der Waals surface area contributed by atoms with Gasteiger partial charge in [0.1, 0.15) is 0 Å². The third-order valence-electron chi connectivity index (χ3n) is 4.25. The van der Waals surface area contributed by atoms with Gasteiger partial charge in [0.05, 0.1) is 5.92 Å². The molecule has 0 unspecified atom stereocenters. The first kappa shape index (κ1) is 13.9. The van der Waals surface area contributed by atoms with Crippen LogP contribution in [-0.4, -0.2) is 24.7 Å². The molecule has 1 aromatic rings. The molecule has 0 atom stereocenters. The van der Waals surface area contributed by atoms with Crippen molar-refractivity contribution in [2.75, 3.05) is 18.5 Å². The van der Waals surface area contributed by atoms with Crippen LogP contribution in [0.5, 0.6) is 0 Å². The summed E-state index contributed by atoms with van der Waals surface area (Å²) in [4.78, 5) is 13.2. The number of carbonyl (C=O) groups is 1. The summed E-state index contributed by atoms with van der Waals surface area (Å²) in [6, 6.07) is 8.41. The van der Waals surface area contributed by atoms with E-state index >= 15 is 0 Å². The smallest absolute Gasteiger partial charge is 0.306 e. The van der Waals surface area contributed by atoms with E-state index in [1.54, 1.807) is 0 Å². The van der Waals surface area contributed by atoms with Crippen molar-refractivity contribution in [1.29, 1.82) is 0 Å². The number of hydrogen-bond donors (Lipinski definition) is 1. The van der Waals surface area contributed by atoms with Gasteiger partial charge in [0.25, 0.3) is 0 Å². The van der Waals surface area contributed by atoms with Crippen LogP contribution in [-0.2, 0) is 4.79 Å². The highest BCUT2D eigenvalue weighted by molar-refractivity contribution is 5.70. The van der Waals surface area contributed by atoms with Gasteiger partial charge in [-0.3, -0.25) is 4.79 Å². The van der Waals surface area contributed by atoms with Crippen LogP contribution in [0.3, 0.4) is 0 Å². The number of nitrogens with zero attached hydrogens (tertiary/aromatic N) is 1. The first-order chi connectivity index (χ1) is 9.08. The maximum atomic E-state index is 10.9. The van der Waals surface area contributed by atoms with Crippen LogP contribution in [0, 0.1) is 18.8 Å². The van der Waals surface area contributed by atoms with Crippen molar-refractivity contribution in [3.8, 4) is 0 Å². The fraction of sp³-hybridized carbons (Fsp3) is 0.562. The summed E-state index contributed by atoms with van der Waals surface area (Å²) < 4.78 is 0. The van der Waals surface area contributed by atoms with E-state index in [-0.39, 0.29) is 5.92 Å². The largest absolute Gasteiger partial charge is 0.481 e. The van der Waals surface area contributed by atoms with E-state index in [1.807, 2.05) is 0 Å². The van der Waals surface area contributed by atoms with Gasteiger partial charge in [0.15, 0.2) is 0 Å². The molecule has 3 heteroatoms. The predicted octanol–water partition coefficient (Wildman–Crippen LogP) is 3.32. The molecule has 2 rings (SSSR count). The summed E-state index contributed by atoms with van der Waals surface area (Å²) in [7, 11) is 2.13. The van der Waals surface area contributed by atoms with E-state index in [2.05, 4.69) is 43.1 Å². The summed E-state index contributed by atoms with van der Waals surface area (Å²) in [5, 5.41) is 9.01. The highest BCUT2D eigenvalue weighted by Crippen LogP contribution is 2.30. The minimum Gasteiger partial charge on any atom is -0.481 e. The molecule has 0 aromatic heterocycles. The van der Waals surface area contributed by atoms with Crippen LogP contribution in [0.4, 0.5) is 5.69 Å². The van der Waals surface area contributed by atoms with Gasteiger partial charge in [-0.2, -0.15) is 0 Å². The Morgan fingerprint density at radius 3 is 2.47 bits per heavy atom. The lowest BCUT2D eigenvalue weighted by molar-refractivity contribution is -0.143. The number of carboxylic acids is 1. The third-order valence-corrected chi connectivity index (χ3v) is 4.25. The molecule has 1 aliphatic carbocycles. The van der Waals surface area contributed by atoms with Crippen molar-refractivity contribution >= 4 is 11.7 Å². The molecular formula is C16H23NO2. The zero-order valence-corrected chi connectivity index (χ0v) is 11.8. The van der Waals surface area contributed by atoms with Gasteiger partial charge in [0, 0.05) is 19.3 Å². The minimum atomic E-state index is -0.620. The van der Waals surface area contributed by atoms with Crippen molar-refractivity contribution in [2.45, 2.75) is 32.6 Å². The molecule has 0 bridgehead atoms. The molecule has 0 heterocycles. The van der Waals surface area contributed by atoms with Crippen LogP contribution >= 0.6 is 0 Å². The number of carboxylic acid groups (broad SMARTS) is 1. The summed E-state index contributed by atoms with van der Waals surface area (Å²) in [5.74, 6) is -0.106. The van der Waals surface area contributed by atoms with E-state index < -0.39 is 5.97 Å². The lowest BCUT2D eigenvalue weighted by Crippen LogP contribution is -2.30. The number of rotatable bonds is 4. The highest BCUT2D eigenvalue weighted by atomic mass is 16.4. The molecule has 0 spiro atoms. The fourth-order valence-electron chi connectivity index (χ4n) is 3.07. The molecule has 1 N–H and O–H groups in total. The van der Waals surface area contributed by atoms with Gasteiger partial charge in [0.2, 0.25) is 0 Å². The van der Waals surface area contributed by atoms with E-state index in [1.165, 1.54) is 11.3 Å². The van der Waals surface area contributed by atoms with Gasteiger partial charge in [-0.1, -0.05) is 18.2 Å². The normalized spacial score (nSPS) is 23.1. The summed E-state index contributed by atoms with van der Waals surface area (Å²) in [5.41, 5.74) is 2.58. The first-order valence-electron chi connectivity index (χ1n) is 7.07.